The lowest BCUT2D eigenvalue weighted by Gasteiger charge is -2.08. The van der Waals surface area contributed by atoms with E-state index in [9.17, 15) is 4.79 Å². The zero-order chi connectivity index (χ0) is 16.9. The Bertz CT molecular complexity index is 826. The van der Waals surface area contributed by atoms with Gasteiger partial charge in [-0.2, -0.15) is 0 Å². The number of pyridine rings is 1. The third-order valence-electron chi connectivity index (χ3n) is 3.85. The van der Waals surface area contributed by atoms with Gasteiger partial charge >= 0.3 is 0 Å². The summed E-state index contributed by atoms with van der Waals surface area (Å²) in [5, 5.41) is 2.99. The van der Waals surface area contributed by atoms with E-state index >= 15 is 0 Å². The zero-order valence-electron chi connectivity index (χ0n) is 13.4. The van der Waals surface area contributed by atoms with Crippen LogP contribution in [-0.4, -0.2) is 15.5 Å². The summed E-state index contributed by atoms with van der Waals surface area (Å²) in [4.78, 5) is 16.6. The van der Waals surface area contributed by atoms with Gasteiger partial charge in [0.05, 0.1) is 0 Å². The number of aryl methyl sites for hydroxylation is 1. The van der Waals surface area contributed by atoms with E-state index in [4.69, 9.17) is 0 Å². The van der Waals surface area contributed by atoms with E-state index in [1.54, 1.807) is 12.4 Å². The number of carbonyl (C=O) groups excluding carboxylic acids is 1. The highest BCUT2D eigenvalue weighted by Crippen LogP contribution is 2.21. The molecule has 0 unspecified atom stereocenters. The molecule has 0 fully saturated rings. The standard InChI is InChI=1S/C19H18BrN3O/c1-2-23-13-16(15-7-9-21-10-8-15)11-18(23)19(24)22-12-14-3-5-17(20)6-4-14/h3-11,13H,2,12H2,1H3,(H,22,24). The summed E-state index contributed by atoms with van der Waals surface area (Å²) in [6.07, 6.45) is 5.52. The van der Waals surface area contributed by atoms with Gasteiger partial charge in [-0.1, -0.05) is 28.1 Å². The van der Waals surface area contributed by atoms with Crippen molar-refractivity contribution in [2.45, 2.75) is 20.0 Å². The third-order valence-corrected chi connectivity index (χ3v) is 4.38. The van der Waals surface area contributed by atoms with Gasteiger partial charge in [-0.05, 0) is 48.4 Å². The maximum absolute atomic E-state index is 12.6. The van der Waals surface area contributed by atoms with Gasteiger partial charge in [0.1, 0.15) is 5.69 Å². The van der Waals surface area contributed by atoms with Crippen molar-refractivity contribution in [1.29, 1.82) is 0 Å². The average molecular weight is 384 g/mol. The molecule has 122 valence electrons. The number of carbonyl (C=O) groups is 1. The van der Waals surface area contributed by atoms with Crippen molar-refractivity contribution in [3.8, 4) is 11.1 Å². The van der Waals surface area contributed by atoms with Crippen molar-refractivity contribution in [3.63, 3.8) is 0 Å². The monoisotopic (exact) mass is 383 g/mol. The van der Waals surface area contributed by atoms with Crippen molar-refractivity contribution in [1.82, 2.24) is 14.9 Å². The minimum absolute atomic E-state index is 0.0694. The first-order valence-corrected chi connectivity index (χ1v) is 8.60. The molecular formula is C19H18BrN3O. The number of nitrogens with zero attached hydrogens (tertiary/aromatic N) is 2. The molecule has 0 saturated carbocycles. The molecule has 0 atom stereocenters. The van der Waals surface area contributed by atoms with Crippen molar-refractivity contribution < 1.29 is 4.79 Å². The molecule has 2 heterocycles. The molecule has 4 nitrogen and oxygen atoms in total. The van der Waals surface area contributed by atoms with Crippen molar-refractivity contribution in [2.24, 2.45) is 0 Å². The van der Waals surface area contributed by atoms with E-state index in [2.05, 4.69) is 26.2 Å². The SMILES string of the molecule is CCn1cc(-c2ccncc2)cc1C(=O)NCc1ccc(Br)cc1. The highest BCUT2D eigenvalue weighted by atomic mass is 79.9. The van der Waals surface area contributed by atoms with Crippen LogP contribution in [0, 0.1) is 0 Å². The molecule has 1 aromatic carbocycles. The quantitative estimate of drug-likeness (QED) is 0.715. The number of amides is 1. The number of hydrogen-bond acceptors (Lipinski definition) is 2. The predicted molar refractivity (Wildman–Crippen MR) is 98.6 cm³/mol. The second-order valence-electron chi connectivity index (χ2n) is 5.45. The summed E-state index contributed by atoms with van der Waals surface area (Å²) in [5.41, 5.74) is 3.81. The average Bonchev–Trinajstić information content (AvgIpc) is 3.06. The van der Waals surface area contributed by atoms with Crippen LogP contribution in [-0.2, 0) is 13.1 Å². The highest BCUT2D eigenvalue weighted by molar-refractivity contribution is 9.10. The molecule has 3 aromatic rings. The first-order valence-electron chi connectivity index (χ1n) is 7.80. The maximum atomic E-state index is 12.6. The van der Waals surface area contributed by atoms with E-state index in [1.165, 1.54) is 0 Å². The van der Waals surface area contributed by atoms with E-state index in [-0.39, 0.29) is 5.91 Å². The minimum atomic E-state index is -0.0694. The summed E-state index contributed by atoms with van der Waals surface area (Å²) >= 11 is 3.41. The first kappa shape index (κ1) is 16.5. The van der Waals surface area contributed by atoms with E-state index in [0.29, 0.717) is 12.2 Å². The number of hydrogen-bond donors (Lipinski definition) is 1. The third kappa shape index (κ3) is 3.74. The lowest BCUT2D eigenvalue weighted by molar-refractivity contribution is 0.0942. The molecule has 0 bridgehead atoms. The molecule has 5 heteroatoms. The Hall–Kier alpha value is -2.40. The number of rotatable bonds is 5. The van der Waals surface area contributed by atoms with Crippen LogP contribution in [0.25, 0.3) is 11.1 Å². The Morgan fingerprint density at radius 3 is 2.50 bits per heavy atom. The summed E-state index contributed by atoms with van der Waals surface area (Å²) in [7, 11) is 0. The summed E-state index contributed by atoms with van der Waals surface area (Å²) in [6.45, 7) is 3.28. The van der Waals surface area contributed by atoms with Gasteiger partial charge in [-0.3, -0.25) is 9.78 Å². The van der Waals surface area contributed by atoms with Crippen molar-refractivity contribution in [2.75, 3.05) is 0 Å². The Morgan fingerprint density at radius 1 is 1.12 bits per heavy atom. The van der Waals surface area contributed by atoms with Crippen molar-refractivity contribution >= 4 is 21.8 Å². The smallest absolute Gasteiger partial charge is 0.268 e. The van der Waals surface area contributed by atoms with E-state index < -0.39 is 0 Å². The van der Waals surface area contributed by atoms with Gasteiger partial charge in [0.2, 0.25) is 0 Å². The molecular weight excluding hydrogens is 366 g/mol. The fourth-order valence-corrected chi connectivity index (χ4v) is 2.80. The Kier molecular flexibility index (Phi) is 5.11. The van der Waals surface area contributed by atoms with Crippen LogP contribution in [0.5, 0.6) is 0 Å². The van der Waals surface area contributed by atoms with E-state index in [0.717, 1.165) is 27.7 Å². The van der Waals surface area contributed by atoms with Gasteiger partial charge in [0, 0.05) is 41.7 Å². The Morgan fingerprint density at radius 2 is 1.83 bits per heavy atom. The molecule has 0 aliphatic carbocycles. The largest absolute Gasteiger partial charge is 0.347 e. The molecule has 0 saturated heterocycles. The van der Waals surface area contributed by atoms with Crippen LogP contribution >= 0.6 is 15.9 Å². The zero-order valence-corrected chi connectivity index (χ0v) is 15.0. The molecule has 0 aliphatic rings. The molecule has 1 N–H and O–H groups in total. The first-order chi connectivity index (χ1) is 11.7. The van der Waals surface area contributed by atoms with E-state index in [1.807, 2.05) is 60.2 Å². The fraction of sp³-hybridized carbons (Fsp3) is 0.158. The van der Waals surface area contributed by atoms with Crippen LogP contribution < -0.4 is 5.32 Å². The van der Waals surface area contributed by atoms with Crippen LogP contribution in [0.15, 0.2) is 65.5 Å². The second kappa shape index (κ2) is 7.45. The van der Waals surface area contributed by atoms with Gasteiger partial charge in [0.25, 0.3) is 5.91 Å². The van der Waals surface area contributed by atoms with Gasteiger partial charge in [-0.25, -0.2) is 0 Å². The molecule has 0 spiro atoms. The predicted octanol–water partition coefficient (Wildman–Crippen LogP) is 4.26. The number of halogens is 1. The molecule has 0 aliphatic heterocycles. The molecule has 3 rings (SSSR count). The van der Waals surface area contributed by atoms with Gasteiger partial charge in [0.15, 0.2) is 0 Å². The normalized spacial score (nSPS) is 10.6. The Labute approximate surface area is 149 Å². The molecule has 2 aromatic heterocycles. The lowest BCUT2D eigenvalue weighted by atomic mass is 10.1. The topological polar surface area (TPSA) is 46.9 Å². The highest BCUT2D eigenvalue weighted by Gasteiger charge is 2.13. The fourth-order valence-electron chi connectivity index (χ4n) is 2.54. The summed E-state index contributed by atoms with van der Waals surface area (Å²) in [5.74, 6) is -0.0694. The maximum Gasteiger partial charge on any atom is 0.268 e. The molecule has 24 heavy (non-hydrogen) atoms. The number of nitrogens with one attached hydrogen (secondary N) is 1. The molecule has 0 radical (unpaired) electrons. The van der Waals surface area contributed by atoms with Crippen molar-refractivity contribution in [3.05, 3.63) is 76.8 Å². The van der Waals surface area contributed by atoms with Crippen LogP contribution in [0.1, 0.15) is 23.0 Å². The lowest BCUT2D eigenvalue weighted by Crippen LogP contribution is -2.25. The van der Waals surface area contributed by atoms with Crippen LogP contribution in [0.3, 0.4) is 0 Å². The number of benzene rings is 1. The number of aromatic nitrogens is 2. The summed E-state index contributed by atoms with van der Waals surface area (Å²) < 4.78 is 2.99. The Balaban J connectivity index is 1.76. The van der Waals surface area contributed by atoms with Crippen LogP contribution in [0.2, 0.25) is 0 Å². The van der Waals surface area contributed by atoms with Crippen LogP contribution in [0.4, 0.5) is 0 Å². The minimum Gasteiger partial charge on any atom is -0.347 e. The molecule has 1 amide bonds. The van der Waals surface area contributed by atoms with Gasteiger partial charge < -0.3 is 9.88 Å². The summed E-state index contributed by atoms with van der Waals surface area (Å²) in [6, 6.07) is 13.7. The second-order valence-corrected chi connectivity index (χ2v) is 6.36. The van der Waals surface area contributed by atoms with Gasteiger partial charge in [-0.15, -0.1) is 0 Å².